The van der Waals surface area contributed by atoms with E-state index in [1.54, 1.807) is 19.1 Å². The smallest absolute Gasteiger partial charge is 0.343 e. The second-order valence-corrected chi connectivity index (χ2v) is 10.5. The van der Waals surface area contributed by atoms with Crippen molar-refractivity contribution in [2.24, 2.45) is 0 Å². The van der Waals surface area contributed by atoms with Gasteiger partial charge in [-0.3, -0.25) is 4.79 Å². The molecule has 1 unspecified atom stereocenters. The molecule has 5 nitrogen and oxygen atoms in total. The van der Waals surface area contributed by atoms with Crippen LogP contribution in [0, 0.1) is 0 Å². The summed E-state index contributed by atoms with van der Waals surface area (Å²) >= 11 is 6.09. The van der Waals surface area contributed by atoms with Gasteiger partial charge in [0.05, 0.1) is 18.8 Å². The van der Waals surface area contributed by atoms with Crippen molar-refractivity contribution >= 4 is 23.5 Å². The molecule has 0 radical (unpaired) electrons. The van der Waals surface area contributed by atoms with E-state index in [9.17, 15) is 9.59 Å². The molecule has 0 spiro atoms. The van der Waals surface area contributed by atoms with Gasteiger partial charge in [0, 0.05) is 0 Å². The van der Waals surface area contributed by atoms with Crippen molar-refractivity contribution in [2.45, 2.75) is 96.3 Å². The maximum atomic E-state index is 12.3. The Morgan fingerprint density at radius 2 is 1.24 bits per heavy atom. The first-order valence-electron chi connectivity index (χ1n) is 13.8. The van der Waals surface area contributed by atoms with Gasteiger partial charge in [-0.05, 0) is 74.6 Å². The van der Waals surface area contributed by atoms with Gasteiger partial charge < -0.3 is 14.2 Å². The Kier molecular flexibility index (Phi) is 14.2. The van der Waals surface area contributed by atoms with Crippen molar-refractivity contribution in [1.29, 1.82) is 0 Å². The largest absolute Gasteiger partial charge is 0.494 e. The Bertz CT molecular complexity index is 922. The van der Waals surface area contributed by atoms with Crippen molar-refractivity contribution in [1.82, 2.24) is 0 Å². The van der Waals surface area contributed by atoms with E-state index >= 15 is 0 Å². The Balaban J connectivity index is 1.46. The molecule has 0 aliphatic heterocycles. The van der Waals surface area contributed by atoms with Crippen LogP contribution in [0.4, 0.5) is 0 Å². The molecule has 37 heavy (non-hydrogen) atoms. The van der Waals surface area contributed by atoms with E-state index in [-0.39, 0.29) is 11.9 Å². The summed E-state index contributed by atoms with van der Waals surface area (Å²) in [6.07, 6.45) is 11.7. The minimum atomic E-state index is -0.896. The molecule has 2 aromatic rings. The molecule has 0 bridgehead atoms. The normalized spacial score (nSPS) is 12.5. The topological polar surface area (TPSA) is 61.8 Å². The first kappa shape index (κ1) is 30.7. The van der Waals surface area contributed by atoms with Gasteiger partial charge in [0.2, 0.25) is 0 Å². The fraction of sp³-hybridized carbons (Fsp3) is 0.548. The zero-order valence-corrected chi connectivity index (χ0v) is 23.5. The van der Waals surface area contributed by atoms with Gasteiger partial charge in [-0.25, -0.2) is 4.79 Å². The summed E-state index contributed by atoms with van der Waals surface area (Å²) in [6.45, 7) is 6.81. The lowest BCUT2D eigenvalue weighted by atomic mass is 10.1. The average molecular weight is 531 g/mol. The highest BCUT2D eigenvalue weighted by Gasteiger charge is 2.29. The molecule has 204 valence electrons. The first-order chi connectivity index (χ1) is 17.9. The number of benzene rings is 2. The quantitative estimate of drug-likeness (QED) is 0.0839. The van der Waals surface area contributed by atoms with Crippen LogP contribution in [0.2, 0.25) is 0 Å². The fourth-order valence-corrected chi connectivity index (χ4v) is 3.79. The molecule has 0 heterocycles. The first-order valence-corrected chi connectivity index (χ1v) is 14.1. The lowest BCUT2D eigenvalue weighted by Crippen LogP contribution is -2.30. The summed E-state index contributed by atoms with van der Waals surface area (Å²) in [4.78, 5) is 23.2. The van der Waals surface area contributed by atoms with E-state index in [2.05, 4.69) is 6.92 Å². The molecule has 0 saturated heterocycles. The predicted molar refractivity (Wildman–Crippen MR) is 150 cm³/mol. The van der Waals surface area contributed by atoms with Crippen molar-refractivity contribution in [3.8, 4) is 11.5 Å². The van der Waals surface area contributed by atoms with Crippen LogP contribution in [0.1, 0.15) is 101 Å². The van der Waals surface area contributed by atoms with Gasteiger partial charge in [0.25, 0.3) is 0 Å². The highest BCUT2D eigenvalue weighted by atomic mass is 35.5. The average Bonchev–Trinajstić information content (AvgIpc) is 2.91. The summed E-state index contributed by atoms with van der Waals surface area (Å²) in [5.74, 6) is 0.629. The van der Waals surface area contributed by atoms with E-state index in [4.69, 9.17) is 25.8 Å². The number of halogens is 1. The number of carbonyl (C=O) groups is 2. The molecule has 0 aliphatic rings. The lowest BCUT2D eigenvalue weighted by molar-refractivity contribution is -0.146. The van der Waals surface area contributed by atoms with Gasteiger partial charge in [-0.15, -0.1) is 11.6 Å². The molecule has 0 N–H and O–H groups in total. The SMILES string of the molecule is CCc1ccc(OC(=O)c2ccc(OCCCCCCCCCCCOC(=O)C(C)(Cl)CC)cc2)cc1. The van der Waals surface area contributed by atoms with Crippen molar-refractivity contribution in [3.63, 3.8) is 0 Å². The maximum absolute atomic E-state index is 12.3. The highest BCUT2D eigenvalue weighted by molar-refractivity contribution is 6.33. The third-order valence-corrected chi connectivity index (χ3v) is 6.93. The lowest BCUT2D eigenvalue weighted by Gasteiger charge is -2.17. The number of hydrogen-bond donors (Lipinski definition) is 0. The van der Waals surface area contributed by atoms with Crippen LogP contribution in [0.25, 0.3) is 0 Å². The molecule has 6 heteroatoms. The number of rotatable bonds is 18. The Hall–Kier alpha value is -2.53. The van der Waals surface area contributed by atoms with Crippen LogP contribution >= 0.6 is 11.6 Å². The summed E-state index contributed by atoms with van der Waals surface area (Å²) in [5.41, 5.74) is 1.71. The molecule has 0 aliphatic carbocycles. The number of ether oxygens (including phenoxy) is 3. The van der Waals surface area contributed by atoms with E-state index in [0.29, 0.717) is 30.9 Å². The van der Waals surface area contributed by atoms with Gasteiger partial charge in [-0.2, -0.15) is 0 Å². The zero-order valence-electron chi connectivity index (χ0n) is 22.7. The molecule has 0 saturated carbocycles. The van der Waals surface area contributed by atoms with E-state index in [0.717, 1.165) is 37.9 Å². The van der Waals surface area contributed by atoms with Crippen LogP contribution in [0.5, 0.6) is 11.5 Å². The Labute approximate surface area is 227 Å². The highest BCUT2D eigenvalue weighted by Crippen LogP contribution is 2.21. The molecule has 0 aromatic heterocycles. The standard InChI is InChI=1S/C31H43ClO5/c1-4-25-15-19-28(20-16-25)37-29(33)26-17-21-27(22-18-26)35-23-13-11-9-7-6-8-10-12-14-24-36-30(34)31(3,32)5-2/h15-22H,4-14,23-24H2,1-3H3. The summed E-state index contributed by atoms with van der Waals surface area (Å²) < 4.78 is 16.5. The number of aryl methyl sites for hydroxylation is 1. The number of alkyl halides is 1. The van der Waals surface area contributed by atoms with E-state index in [1.807, 2.05) is 43.3 Å². The predicted octanol–water partition coefficient (Wildman–Crippen LogP) is 8.31. The van der Waals surface area contributed by atoms with Crippen molar-refractivity contribution in [3.05, 3.63) is 59.7 Å². The number of carbonyl (C=O) groups excluding carboxylic acids is 2. The second kappa shape index (κ2) is 17.1. The minimum absolute atomic E-state index is 0.313. The number of hydrogen-bond acceptors (Lipinski definition) is 5. The minimum Gasteiger partial charge on any atom is -0.494 e. The monoisotopic (exact) mass is 530 g/mol. The molecule has 2 aromatic carbocycles. The fourth-order valence-electron chi connectivity index (χ4n) is 3.74. The Morgan fingerprint density at radius 1 is 0.730 bits per heavy atom. The van der Waals surface area contributed by atoms with Crippen LogP contribution in [-0.2, 0) is 16.0 Å². The summed E-state index contributed by atoms with van der Waals surface area (Å²) in [7, 11) is 0. The molecule has 1 atom stereocenters. The third-order valence-electron chi connectivity index (χ3n) is 6.51. The Morgan fingerprint density at radius 3 is 1.78 bits per heavy atom. The van der Waals surface area contributed by atoms with E-state index < -0.39 is 4.87 Å². The van der Waals surface area contributed by atoms with Gasteiger partial charge in [0.15, 0.2) is 0 Å². The van der Waals surface area contributed by atoms with Gasteiger partial charge >= 0.3 is 11.9 Å². The van der Waals surface area contributed by atoms with Gasteiger partial charge in [-0.1, -0.05) is 70.9 Å². The molecule has 0 amide bonds. The molecule has 2 rings (SSSR count). The van der Waals surface area contributed by atoms with E-state index in [1.165, 1.54) is 37.7 Å². The van der Waals surface area contributed by atoms with Crippen LogP contribution < -0.4 is 9.47 Å². The number of esters is 2. The summed E-state index contributed by atoms with van der Waals surface area (Å²) in [5, 5.41) is 0. The van der Waals surface area contributed by atoms with Gasteiger partial charge in [0.1, 0.15) is 16.4 Å². The molecule has 0 fully saturated rings. The molecular formula is C31H43ClO5. The second-order valence-electron chi connectivity index (χ2n) is 9.63. The van der Waals surface area contributed by atoms with Crippen LogP contribution in [-0.4, -0.2) is 30.0 Å². The maximum Gasteiger partial charge on any atom is 0.343 e. The van der Waals surface area contributed by atoms with Crippen LogP contribution in [0.15, 0.2) is 48.5 Å². The van der Waals surface area contributed by atoms with Crippen molar-refractivity contribution in [2.75, 3.05) is 13.2 Å². The number of unbranched alkanes of at least 4 members (excludes halogenated alkanes) is 8. The molecular weight excluding hydrogens is 488 g/mol. The zero-order chi connectivity index (χ0) is 26.9. The summed E-state index contributed by atoms with van der Waals surface area (Å²) in [6, 6.07) is 14.7. The van der Waals surface area contributed by atoms with Crippen LogP contribution in [0.3, 0.4) is 0 Å². The van der Waals surface area contributed by atoms with Crippen molar-refractivity contribution < 1.29 is 23.8 Å². The third kappa shape index (κ3) is 12.0.